The number of nitrogens with zero attached hydrogens (tertiary/aromatic N) is 1. The van der Waals surface area contributed by atoms with Crippen molar-refractivity contribution in [2.45, 2.75) is 38.5 Å². The number of nitriles is 1. The van der Waals surface area contributed by atoms with Crippen LogP contribution in [0.15, 0.2) is 18.2 Å². The molecule has 6 N–H and O–H groups in total. The Morgan fingerprint density at radius 3 is 2.52 bits per heavy atom. The maximum Gasteiger partial charge on any atom is 0.131 e. The number of aldehydes is 1. The van der Waals surface area contributed by atoms with Crippen LogP contribution in [0.4, 0.5) is 0 Å². The van der Waals surface area contributed by atoms with Crippen molar-refractivity contribution >= 4 is 6.29 Å². The molecule has 0 fully saturated rings. The zero-order valence-corrected chi connectivity index (χ0v) is 12.3. The maximum absolute atomic E-state index is 10.1. The third-order valence-electron chi connectivity index (χ3n) is 3.01. The first-order valence-corrected chi connectivity index (χ1v) is 6.11. The number of benzene rings is 1. The van der Waals surface area contributed by atoms with Crippen LogP contribution in [0.1, 0.15) is 37.9 Å². The van der Waals surface area contributed by atoms with Crippen molar-refractivity contribution in [2.75, 3.05) is 0 Å². The molecule has 7 heteroatoms. The first-order chi connectivity index (χ1) is 9.41. The van der Waals surface area contributed by atoms with E-state index in [0.29, 0.717) is 16.9 Å². The molecule has 1 aromatic carbocycles. The van der Waals surface area contributed by atoms with E-state index >= 15 is 0 Å². The first kappa shape index (κ1) is 19.0. The molecule has 2 rings (SSSR count). The number of carbonyl (C=O) groups excluding carboxylic acids is 1. The van der Waals surface area contributed by atoms with Crippen molar-refractivity contribution < 1.29 is 19.8 Å². The quantitative estimate of drug-likeness (QED) is 0.454. The molecule has 0 amide bonds. The van der Waals surface area contributed by atoms with E-state index in [1.54, 1.807) is 32.0 Å². The van der Waals surface area contributed by atoms with E-state index in [9.17, 15) is 5.11 Å². The summed E-state index contributed by atoms with van der Waals surface area (Å²) in [7, 11) is 0. The van der Waals surface area contributed by atoms with Crippen LogP contribution in [0.5, 0.6) is 5.75 Å². The highest BCUT2D eigenvalue weighted by Gasteiger charge is 2.42. The molecule has 1 aromatic rings. The molecule has 0 radical (unpaired) electrons. The smallest absolute Gasteiger partial charge is 0.131 e. The average Bonchev–Trinajstić information content (AvgIpc) is 2.40. The van der Waals surface area contributed by atoms with Gasteiger partial charge in [-0.15, -0.1) is 0 Å². The van der Waals surface area contributed by atoms with Gasteiger partial charge in [-0.25, -0.2) is 0 Å². The Morgan fingerprint density at radius 1 is 1.48 bits per heavy atom. The molecule has 21 heavy (non-hydrogen) atoms. The zero-order chi connectivity index (χ0) is 15.3. The van der Waals surface area contributed by atoms with E-state index in [4.69, 9.17) is 20.0 Å². The number of carbonyl (C=O) groups is 1. The summed E-state index contributed by atoms with van der Waals surface area (Å²) in [4.78, 5) is 8.81. The van der Waals surface area contributed by atoms with E-state index in [0.717, 1.165) is 6.29 Å². The molecule has 0 bridgehead atoms. The van der Waals surface area contributed by atoms with Gasteiger partial charge in [0, 0.05) is 5.56 Å². The normalized spacial score (nSPS) is 21.3. The van der Waals surface area contributed by atoms with Crippen molar-refractivity contribution in [2.24, 2.45) is 0 Å². The lowest BCUT2D eigenvalue weighted by Gasteiger charge is -2.41. The van der Waals surface area contributed by atoms with Gasteiger partial charge in [0.15, 0.2) is 0 Å². The molecule has 0 saturated carbocycles. The summed E-state index contributed by atoms with van der Waals surface area (Å²) in [6.45, 7) is 4.92. The summed E-state index contributed by atoms with van der Waals surface area (Å²) in [5, 5.41) is 28.1. The van der Waals surface area contributed by atoms with Crippen molar-refractivity contribution in [3.63, 3.8) is 0 Å². The van der Waals surface area contributed by atoms with E-state index < -0.39 is 17.7 Å². The minimum absolute atomic E-state index is 0. The minimum Gasteiger partial charge on any atom is -0.485 e. The third kappa shape index (κ3) is 4.00. The summed E-state index contributed by atoms with van der Waals surface area (Å²) in [5.74, 6) is 0.561. The second-order valence-corrected chi connectivity index (χ2v) is 4.86. The molecule has 2 unspecified atom stereocenters. The molecule has 1 heterocycles. The van der Waals surface area contributed by atoms with Crippen LogP contribution in [-0.2, 0) is 4.79 Å². The summed E-state index contributed by atoms with van der Waals surface area (Å²) >= 11 is 0. The molecule has 0 aromatic heterocycles. The van der Waals surface area contributed by atoms with Crippen LogP contribution in [0.3, 0.4) is 0 Å². The SMILES string of the molecule is CC1(C)Oc2ccc(C#N)cc2C(NO)C1O.CC=O.N. The number of hydrogen-bond acceptors (Lipinski definition) is 7. The lowest BCUT2D eigenvalue weighted by Crippen LogP contribution is -2.52. The topological polar surface area (TPSA) is 138 Å². The summed E-state index contributed by atoms with van der Waals surface area (Å²) in [5.41, 5.74) is 2.31. The van der Waals surface area contributed by atoms with Gasteiger partial charge in [-0.05, 0) is 39.0 Å². The van der Waals surface area contributed by atoms with E-state index in [1.807, 2.05) is 6.07 Å². The van der Waals surface area contributed by atoms with Gasteiger partial charge in [0.25, 0.3) is 0 Å². The number of rotatable bonds is 1. The van der Waals surface area contributed by atoms with Gasteiger partial charge in [0.1, 0.15) is 23.7 Å². The zero-order valence-electron chi connectivity index (χ0n) is 12.3. The number of aliphatic hydroxyl groups is 1. The molecule has 0 saturated heterocycles. The molecule has 1 aliphatic heterocycles. The fraction of sp³-hybridized carbons (Fsp3) is 0.429. The van der Waals surface area contributed by atoms with Gasteiger partial charge in [-0.3, -0.25) is 0 Å². The summed E-state index contributed by atoms with van der Waals surface area (Å²) < 4.78 is 5.65. The number of nitrogens with one attached hydrogen (secondary N) is 1. The van der Waals surface area contributed by atoms with Crippen molar-refractivity contribution in [1.29, 1.82) is 5.26 Å². The lowest BCUT2D eigenvalue weighted by atomic mass is 9.86. The fourth-order valence-electron chi connectivity index (χ4n) is 2.01. The Morgan fingerprint density at radius 2 is 2.05 bits per heavy atom. The molecule has 116 valence electrons. The molecular formula is C14H21N3O4. The largest absolute Gasteiger partial charge is 0.485 e. The number of aliphatic hydroxyl groups excluding tert-OH is 1. The highest BCUT2D eigenvalue weighted by atomic mass is 16.5. The summed E-state index contributed by atoms with van der Waals surface area (Å²) in [6, 6.07) is 6.26. The van der Waals surface area contributed by atoms with Crippen LogP contribution in [-0.4, -0.2) is 28.3 Å². The predicted molar refractivity (Wildman–Crippen MR) is 76.3 cm³/mol. The Balaban J connectivity index is 0.000000922. The van der Waals surface area contributed by atoms with Crippen LogP contribution in [0.2, 0.25) is 0 Å². The van der Waals surface area contributed by atoms with Crippen LogP contribution >= 0.6 is 0 Å². The van der Waals surface area contributed by atoms with Gasteiger partial charge in [0.05, 0.1) is 17.7 Å². The Labute approximate surface area is 123 Å². The Hall–Kier alpha value is -1.98. The van der Waals surface area contributed by atoms with Crippen LogP contribution < -0.4 is 16.4 Å². The third-order valence-corrected chi connectivity index (χ3v) is 3.01. The minimum atomic E-state index is -0.908. The standard InChI is InChI=1S/C12H14N2O3.C2H4O.H3N/c1-12(2)11(15)10(14-16)8-5-7(6-13)3-4-9(8)17-12;1-2-3;/h3-5,10-11,14-16H,1-2H3;2H,1H3;1H3. The van der Waals surface area contributed by atoms with E-state index in [-0.39, 0.29) is 6.15 Å². The second-order valence-electron chi connectivity index (χ2n) is 4.86. The Kier molecular flexibility index (Phi) is 6.98. The predicted octanol–water partition coefficient (Wildman–Crippen LogP) is 1.48. The van der Waals surface area contributed by atoms with Gasteiger partial charge < -0.3 is 26.0 Å². The molecular weight excluding hydrogens is 274 g/mol. The summed E-state index contributed by atoms with van der Waals surface area (Å²) in [6.07, 6.45) is -0.158. The van der Waals surface area contributed by atoms with E-state index in [2.05, 4.69) is 5.48 Å². The highest BCUT2D eigenvalue weighted by Crippen LogP contribution is 2.39. The monoisotopic (exact) mass is 295 g/mol. The van der Waals surface area contributed by atoms with Gasteiger partial charge in [-0.1, -0.05) is 0 Å². The second kappa shape index (κ2) is 7.71. The van der Waals surface area contributed by atoms with Gasteiger partial charge in [-0.2, -0.15) is 10.7 Å². The number of hydrogen-bond donors (Lipinski definition) is 4. The highest BCUT2D eigenvalue weighted by molar-refractivity contribution is 5.46. The molecule has 1 aliphatic rings. The molecule has 2 atom stereocenters. The average molecular weight is 295 g/mol. The van der Waals surface area contributed by atoms with E-state index in [1.165, 1.54) is 6.92 Å². The lowest BCUT2D eigenvalue weighted by molar-refractivity contribution is -0.106. The number of fused-ring (bicyclic) bond motifs is 1. The molecule has 0 spiro atoms. The molecule has 7 nitrogen and oxygen atoms in total. The van der Waals surface area contributed by atoms with Crippen molar-refractivity contribution in [3.05, 3.63) is 29.3 Å². The van der Waals surface area contributed by atoms with Crippen LogP contribution in [0, 0.1) is 11.3 Å². The first-order valence-electron chi connectivity index (χ1n) is 6.11. The number of hydroxylamine groups is 1. The Bertz CT molecular complexity index is 525. The van der Waals surface area contributed by atoms with Crippen LogP contribution in [0.25, 0.3) is 0 Å². The molecule has 0 aliphatic carbocycles. The maximum atomic E-state index is 10.1. The van der Waals surface area contributed by atoms with Gasteiger partial charge >= 0.3 is 0 Å². The van der Waals surface area contributed by atoms with Crippen molar-refractivity contribution in [3.8, 4) is 11.8 Å². The van der Waals surface area contributed by atoms with Crippen molar-refractivity contribution in [1.82, 2.24) is 11.6 Å². The van der Waals surface area contributed by atoms with Gasteiger partial charge in [0.2, 0.25) is 0 Å². The number of ether oxygens (including phenoxy) is 1. The fourth-order valence-corrected chi connectivity index (χ4v) is 2.01.